The lowest BCUT2D eigenvalue weighted by molar-refractivity contribution is 0.420. The van der Waals surface area contributed by atoms with Crippen LogP contribution in [0.1, 0.15) is 0 Å². The van der Waals surface area contributed by atoms with E-state index in [1.165, 1.54) is 0 Å². The van der Waals surface area contributed by atoms with Crippen molar-refractivity contribution in [2.75, 3.05) is 0 Å². The van der Waals surface area contributed by atoms with Crippen LogP contribution in [-0.2, 0) is 0 Å². The average molecular weight is 783 g/mol. The highest BCUT2D eigenvalue weighted by atomic mass is 35.6. The van der Waals surface area contributed by atoms with Gasteiger partial charge in [0.15, 0.2) is 26.5 Å². The molecule has 0 aliphatic heterocycles. The Morgan fingerprint density at radius 3 is 0.821 bits per heavy atom. The van der Waals surface area contributed by atoms with Crippen molar-refractivity contribution in [2.45, 2.75) is 39.0 Å². The van der Waals surface area contributed by atoms with Gasteiger partial charge in [-0.05, 0) is 0 Å². The molecule has 170 valence electrons. The molecule has 0 aromatic rings. The summed E-state index contributed by atoms with van der Waals surface area (Å²) in [5.41, 5.74) is 0. The zero-order valence-corrected chi connectivity index (χ0v) is 26.1. The molecule has 0 unspecified atom stereocenters. The van der Waals surface area contributed by atoms with E-state index in [1.807, 2.05) is 0 Å². The summed E-state index contributed by atoms with van der Waals surface area (Å²) in [5.74, 6) is 0. The second kappa shape index (κ2) is 10.1. The third kappa shape index (κ3) is 5.28. The summed E-state index contributed by atoms with van der Waals surface area (Å²) >= 11 is 114. The highest BCUT2D eigenvalue weighted by Crippen LogP contribution is 2.73. The Morgan fingerprint density at radius 1 is 0.357 bits per heavy atom. The van der Waals surface area contributed by atoms with Gasteiger partial charge in [0.2, 0.25) is 7.59 Å². The van der Waals surface area contributed by atoms with Crippen LogP contribution in [0.4, 0.5) is 0 Å². The summed E-state index contributed by atoms with van der Waals surface area (Å²) in [7, 11) is 0. The molecule has 0 heterocycles. The molecule has 0 radical (unpaired) electrons. The van der Waals surface area contributed by atoms with Gasteiger partial charge in [-0.25, -0.2) is 0 Å². The first-order valence-electron chi connectivity index (χ1n) is 5.69. The summed E-state index contributed by atoms with van der Waals surface area (Å²) in [6.07, 6.45) is 0. The van der Waals surface area contributed by atoms with Crippen LogP contribution in [0, 0.1) is 0 Å². The van der Waals surface area contributed by atoms with E-state index in [0.717, 1.165) is 0 Å². The van der Waals surface area contributed by atoms with Gasteiger partial charge in [0.25, 0.3) is 0 Å². The molecule has 0 rings (SSSR count). The molecule has 19 heteroatoms. The number of rotatable bonds is 6. The van der Waals surface area contributed by atoms with Gasteiger partial charge in [-0.2, -0.15) is 0 Å². The number of alkyl halides is 19. The van der Waals surface area contributed by atoms with E-state index in [1.54, 1.807) is 0 Å². The fourth-order valence-electron chi connectivity index (χ4n) is 1.47. The monoisotopic (exact) mass is 773 g/mol. The summed E-state index contributed by atoms with van der Waals surface area (Å²) in [6.45, 7) is 0. The van der Waals surface area contributed by atoms with Crippen molar-refractivity contribution in [2.24, 2.45) is 0 Å². The van der Waals surface area contributed by atoms with E-state index in [9.17, 15) is 0 Å². The summed E-state index contributed by atoms with van der Waals surface area (Å²) in [6, 6.07) is 0. The Hall–Kier alpha value is 5.51. The van der Waals surface area contributed by atoms with E-state index < -0.39 is 39.0 Å². The lowest BCUT2D eigenvalue weighted by Crippen LogP contribution is -2.73. The first kappa shape index (κ1) is 33.5. The first-order chi connectivity index (χ1) is 11.7. The van der Waals surface area contributed by atoms with E-state index in [-0.39, 0.29) is 0 Å². The third-order valence-electron chi connectivity index (χ3n) is 3.09. The van der Waals surface area contributed by atoms with Crippen LogP contribution in [0.5, 0.6) is 0 Å². The second-order valence-electron chi connectivity index (χ2n) is 4.88. The van der Waals surface area contributed by atoms with Gasteiger partial charge in [-0.1, -0.05) is 186 Å². The fraction of sp³-hybridized carbons (Fsp3) is 1.00. The Balaban J connectivity index is 6.95. The van der Waals surface area contributed by atoms with Crippen LogP contribution >= 0.6 is 220 Å². The van der Waals surface area contributed by atoms with Gasteiger partial charge in [0.05, 0.1) is 0 Å². The molecule has 28 heavy (non-hydrogen) atoms. The Morgan fingerprint density at radius 2 is 0.607 bits per heavy atom. The smallest absolute Gasteiger partial charge is 0.106 e. The minimum atomic E-state index is -3.07. The van der Waals surface area contributed by atoms with Gasteiger partial charge >= 0.3 is 0 Å². The van der Waals surface area contributed by atoms with Crippen LogP contribution in [0.25, 0.3) is 0 Å². The molecule has 0 atom stereocenters. The average Bonchev–Trinajstić information content (AvgIpc) is 2.42. The Labute approximate surface area is 255 Å². The quantitative estimate of drug-likeness (QED) is 0.236. The van der Waals surface area contributed by atoms with Crippen molar-refractivity contribution in [1.29, 1.82) is 0 Å². The molecule has 0 aliphatic rings. The molecule has 0 fully saturated rings. The molecule has 0 aromatic heterocycles. The number of halogens is 19. The second-order valence-corrected chi connectivity index (χ2v) is 17.8. The van der Waals surface area contributed by atoms with Gasteiger partial charge in [0.1, 0.15) is 4.84 Å². The maximum atomic E-state index is 6.25. The first-order valence-corrected chi connectivity index (χ1v) is 13.0. The molecule has 0 N–H and O–H groups in total. The number of hydrogen-bond acceptors (Lipinski definition) is 0. The maximum absolute atomic E-state index is 6.25. The third-order valence-corrected chi connectivity index (χ3v) is 14.6. The predicted octanol–water partition coefficient (Wildman–Crippen LogP) is 11.4. The van der Waals surface area contributed by atoms with Crippen molar-refractivity contribution in [1.82, 2.24) is 0 Å². The van der Waals surface area contributed by atoms with Crippen LogP contribution in [0.15, 0.2) is 0 Å². The Kier molecular flexibility index (Phi) is 12.1. The Bertz CT molecular complexity index is 547. The molecular formula is C9HCl19. The molecule has 0 spiro atoms. The molecule has 0 aliphatic carbocycles. The van der Waals surface area contributed by atoms with Crippen LogP contribution in [-0.4, -0.2) is 39.0 Å². The predicted molar refractivity (Wildman–Crippen MR) is 137 cm³/mol. The van der Waals surface area contributed by atoms with Gasteiger partial charge in [-0.15, -0.1) is 34.8 Å². The van der Waals surface area contributed by atoms with Gasteiger partial charge in [-0.3, -0.25) is 0 Å². The molecule has 0 nitrogen and oxygen atoms in total. The standard InChI is InChI=1S/C9HCl19/c10-1(11)2(12,13)4(15,16)6(19,20)7(21,22)5(17,18)3(14,8(23,24)25)9(26,27)28/h1H. The minimum absolute atomic E-state index is 1.71. The molecule has 0 saturated carbocycles. The fourth-order valence-corrected chi connectivity index (χ4v) is 8.34. The van der Waals surface area contributed by atoms with Crippen molar-refractivity contribution in [3.8, 4) is 0 Å². The molecule has 0 amide bonds. The highest BCUT2D eigenvalue weighted by Gasteiger charge is 2.83. The van der Waals surface area contributed by atoms with Gasteiger partial charge < -0.3 is 0 Å². The summed E-state index contributed by atoms with van der Waals surface area (Å²) < 4.78 is -20.1. The molecule has 0 bridgehead atoms. The van der Waals surface area contributed by atoms with E-state index in [0.29, 0.717) is 0 Å². The van der Waals surface area contributed by atoms with Crippen molar-refractivity contribution >= 4 is 220 Å². The summed E-state index contributed by atoms with van der Waals surface area (Å²) in [4.78, 5) is -4.68. The van der Waals surface area contributed by atoms with Crippen molar-refractivity contribution in [3.05, 3.63) is 0 Å². The molecular weight excluding hydrogens is 782 g/mol. The molecule has 0 saturated heterocycles. The van der Waals surface area contributed by atoms with Crippen LogP contribution in [0.2, 0.25) is 0 Å². The lowest BCUT2D eigenvalue weighted by Gasteiger charge is -2.56. The van der Waals surface area contributed by atoms with E-state index >= 15 is 0 Å². The van der Waals surface area contributed by atoms with Crippen molar-refractivity contribution < 1.29 is 0 Å². The number of hydrogen-bond donors (Lipinski definition) is 0. The topological polar surface area (TPSA) is 0 Å². The molecule has 0 aromatic carbocycles. The zero-order valence-electron chi connectivity index (χ0n) is 11.8. The lowest BCUT2D eigenvalue weighted by atomic mass is 9.98. The van der Waals surface area contributed by atoms with Crippen LogP contribution < -0.4 is 0 Å². The minimum Gasteiger partial charge on any atom is -0.106 e. The van der Waals surface area contributed by atoms with E-state index in [4.69, 9.17) is 220 Å². The zero-order chi connectivity index (χ0) is 23.6. The highest BCUT2D eigenvalue weighted by molar-refractivity contribution is 6.83. The summed E-state index contributed by atoms with van der Waals surface area (Å²) in [5, 5.41) is 0. The van der Waals surface area contributed by atoms with Gasteiger partial charge in [0, 0.05) is 0 Å². The van der Waals surface area contributed by atoms with E-state index in [2.05, 4.69) is 0 Å². The maximum Gasteiger partial charge on any atom is 0.216 e. The van der Waals surface area contributed by atoms with Crippen molar-refractivity contribution in [3.63, 3.8) is 0 Å². The normalized spacial score (nSPS) is 16.7. The largest absolute Gasteiger partial charge is 0.216 e. The van der Waals surface area contributed by atoms with Crippen LogP contribution in [0.3, 0.4) is 0 Å². The SMILES string of the molecule is ClC(Cl)C(Cl)(Cl)C(Cl)(Cl)C(Cl)(Cl)C(Cl)(Cl)C(Cl)(Cl)C(Cl)(C(Cl)(Cl)Cl)C(Cl)(Cl)Cl.